The van der Waals surface area contributed by atoms with Crippen molar-refractivity contribution in [3.63, 3.8) is 0 Å². The molecule has 0 aliphatic carbocycles. The van der Waals surface area contributed by atoms with E-state index in [-0.39, 0.29) is 18.9 Å². The van der Waals surface area contributed by atoms with Crippen molar-refractivity contribution in [2.24, 2.45) is 5.10 Å². The number of nitrogens with one attached hydrogen (secondary N) is 2. The zero-order chi connectivity index (χ0) is 20.5. The second-order valence-electron chi connectivity index (χ2n) is 6.03. The van der Waals surface area contributed by atoms with Crippen molar-refractivity contribution in [3.05, 3.63) is 53.1 Å². The van der Waals surface area contributed by atoms with Crippen LogP contribution < -0.4 is 20.2 Å². The molecule has 0 aromatic heterocycles. The Morgan fingerprint density at radius 3 is 2.43 bits per heavy atom. The minimum absolute atomic E-state index is 0.0333. The number of hydrogen-bond donors (Lipinski definition) is 2. The Morgan fingerprint density at radius 1 is 1.07 bits per heavy atom. The number of benzene rings is 2. The highest BCUT2D eigenvalue weighted by Gasteiger charge is 2.08. The van der Waals surface area contributed by atoms with Gasteiger partial charge in [0.25, 0.3) is 5.91 Å². The number of ether oxygens (including phenoxy) is 2. The highest BCUT2D eigenvalue weighted by Crippen LogP contribution is 2.20. The predicted molar refractivity (Wildman–Crippen MR) is 109 cm³/mol. The second-order valence-corrected chi connectivity index (χ2v) is 6.47. The number of halogens is 1. The van der Waals surface area contributed by atoms with Crippen molar-refractivity contribution in [2.45, 2.75) is 20.3 Å². The van der Waals surface area contributed by atoms with Crippen LogP contribution in [-0.2, 0) is 9.59 Å². The molecule has 0 bridgehead atoms. The van der Waals surface area contributed by atoms with Gasteiger partial charge in [-0.15, -0.1) is 0 Å². The topological polar surface area (TPSA) is 89.0 Å². The number of nitrogens with zero attached hydrogens (tertiary/aromatic N) is 1. The summed E-state index contributed by atoms with van der Waals surface area (Å²) >= 11 is 5.94. The SMILES string of the molecule is COc1ccc(OCC(=O)N/N=C(/C)CC(=O)Nc2cc(Cl)ccc2C)cc1. The molecule has 0 fully saturated rings. The maximum atomic E-state index is 12.1. The van der Waals surface area contributed by atoms with Gasteiger partial charge < -0.3 is 14.8 Å². The van der Waals surface area contributed by atoms with Gasteiger partial charge in [-0.25, -0.2) is 5.43 Å². The van der Waals surface area contributed by atoms with Gasteiger partial charge in [-0.05, 0) is 55.8 Å². The smallest absolute Gasteiger partial charge is 0.277 e. The number of hydrazone groups is 1. The van der Waals surface area contributed by atoms with E-state index < -0.39 is 5.91 Å². The predicted octanol–water partition coefficient (Wildman–Crippen LogP) is 3.56. The van der Waals surface area contributed by atoms with Crippen LogP contribution in [0.1, 0.15) is 18.9 Å². The first kappa shape index (κ1) is 21.2. The first-order chi connectivity index (χ1) is 13.4. The molecule has 28 heavy (non-hydrogen) atoms. The molecule has 2 aromatic rings. The van der Waals surface area contributed by atoms with Crippen LogP contribution in [0.5, 0.6) is 11.5 Å². The number of hydrogen-bond acceptors (Lipinski definition) is 5. The van der Waals surface area contributed by atoms with Crippen LogP contribution in [0.15, 0.2) is 47.6 Å². The number of amides is 2. The lowest BCUT2D eigenvalue weighted by Gasteiger charge is -2.09. The Bertz CT molecular complexity index is 866. The average molecular weight is 404 g/mol. The molecule has 0 saturated heterocycles. The van der Waals surface area contributed by atoms with Gasteiger partial charge in [-0.2, -0.15) is 5.10 Å². The molecule has 2 rings (SSSR count). The summed E-state index contributed by atoms with van der Waals surface area (Å²) in [6.07, 6.45) is 0.0333. The van der Waals surface area contributed by atoms with E-state index in [1.807, 2.05) is 13.0 Å². The van der Waals surface area contributed by atoms with Gasteiger partial charge in [-0.3, -0.25) is 9.59 Å². The first-order valence-corrected chi connectivity index (χ1v) is 8.90. The third kappa shape index (κ3) is 6.92. The Morgan fingerprint density at radius 2 is 1.75 bits per heavy atom. The maximum Gasteiger partial charge on any atom is 0.277 e. The highest BCUT2D eigenvalue weighted by atomic mass is 35.5. The van der Waals surface area contributed by atoms with Crippen molar-refractivity contribution in [3.8, 4) is 11.5 Å². The van der Waals surface area contributed by atoms with Crippen LogP contribution in [-0.4, -0.2) is 31.2 Å². The monoisotopic (exact) mass is 403 g/mol. The van der Waals surface area contributed by atoms with E-state index in [0.717, 1.165) is 5.56 Å². The van der Waals surface area contributed by atoms with E-state index in [1.54, 1.807) is 50.4 Å². The van der Waals surface area contributed by atoms with Crippen LogP contribution in [0.3, 0.4) is 0 Å². The van der Waals surface area contributed by atoms with Crippen molar-refractivity contribution in [1.29, 1.82) is 0 Å². The molecule has 0 aliphatic heterocycles. The van der Waals surface area contributed by atoms with Crippen molar-refractivity contribution < 1.29 is 19.1 Å². The molecule has 0 saturated carbocycles. The van der Waals surface area contributed by atoms with E-state index in [9.17, 15) is 9.59 Å². The molecule has 2 amide bonds. The molecule has 148 valence electrons. The standard InChI is InChI=1S/C20H22ClN3O4/c1-13-4-5-15(21)11-18(13)22-19(25)10-14(2)23-24-20(26)12-28-17-8-6-16(27-3)7-9-17/h4-9,11H,10,12H2,1-3H3,(H,22,25)(H,24,26)/b23-14-. The summed E-state index contributed by atoms with van der Waals surface area (Å²) in [5.74, 6) is 0.549. The maximum absolute atomic E-state index is 12.1. The number of anilines is 1. The normalized spacial score (nSPS) is 10.9. The molecule has 0 unspecified atom stereocenters. The van der Waals surface area contributed by atoms with Gasteiger partial charge in [0, 0.05) is 16.4 Å². The zero-order valence-corrected chi connectivity index (χ0v) is 16.7. The summed E-state index contributed by atoms with van der Waals surface area (Å²) in [6, 6.07) is 12.1. The summed E-state index contributed by atoms with van der Waals surface area (Å²) in [4.78, 5) is 23.9. The molecule has 0 heterocycles. The average Bonchev–Trinajstić information content (AvgIpc) is 2.68. The van der Waals surface area contributed by atoms with Crippen LogP contribution in [0.2, 0.25) is 5.02 Å². The van der Waals surface area contributed by atoms with Crippen molar-refractivity contribution >= 4 is 34.8 Å². The van der Waals surface area contributed by atoms with E-state index in [1.165, 1.54) is 0 Å². The van der Waals surface area contributed by atoms with E-state index in [2.05, 4.69) is 15.8 Å². The number of methoxy groups -OCH3 is 1. The third-order valence-corrected chi connectivity index (χ3v) is 3.93. The molecule has 2 N–H and O–H groups in total. The molecule has 0 spiro atoms. The minimum Gasteiger partial charge on any atom is -0.497 e. The molecular formula is C20H22ClN3O4. The van der Waals surface area contributed by atoms with Crippen molar-refractivity contribution in [2.75, 3.05) is 19.0 Å². The van der Waals surface area contributed by atoms with Crippen LogP contribution in [0.4, 0.5) is 5.69 Å². The highest BCUT2D eigenvalue weighted by molar-refractivity contribution is 6.31. The summed E-state index contributed by atoms with van der Waals surface area (Å²) in [6.45, 7) is 3.32. The quantitative estimate of drug-likeness (QED) is 0.521. The van der Waals surface area contributed by atoms with Gasteiger partial charge in [0.1, 0.15) is 11.5 Å². The lowest BCUT2D eigenvalue weighted by atomic mass is 10.2. The first-order valence-electron chi connectivity index (χ1n) is 8.52. The van der Waals surface area contributed by atoms with Crippen LogP contribution >= 0.6 is 11.6 Å². The number of carbonyl (C=O) groups is 2. The zero-order valence-electron chi connectivity index (χ0n) is 15.9. The Labute approximate surface area is 168 Å². The number of carbonyl (C=O) groups excluding carboxylic acids is 2. The van der Waals surface area contributed by atoms with Gasteiger partial charge in [-0.1, -0.05) is 17.7 Å². The molecular weight excluding hydrogens is 382 g/mol. The molecule has 0 atom stereocenters. The van der Waals surface area contributed by atoms with Gasteiger partial charge in [0.05, 0.1) is 13.5 Å². The fourth-order valence-corrected chi connectivity index (χ4v) is 2.38. The fourth-order valence-electron chi connectivity index (χ4n) is 2.21. The van der Waals surface area contributed by atoms with E-state index >= 15 is 0 Å². The Hall–Kier alpha value is -3.06. The Balaban J connectivity index is 1.78. The molecule has 0 aliphatic rings. The minimum atomic E-state index is -0.429. The number of rotatable bonds is 8. The molecule has 7 nitrogen and oxygen atoms in total. The summed E-state index contributed by atoms with van der Waals surface area (Å²) in [5.41, 5.74) is 4.36. The largest absolute Gasteiger partial charge is 0.497 e. The summed E-state index contributed by atoms with van der Waals surface area (Å²) < 4.78 is 10.4. The lowest BCUT2D eigenvalue weighted by Crippen LogP contribution is -2.26. The van der Waals surface area contributed by atoms with Gasteiger partial charge in [0.15, 0.2) is 6.61 Å². The summed E-state index contributed by atoms with van der Waals surface area (Å²) in [7, 11) is 1.57. The van der Waals surface area contributed by atoms with Crippen molar-refractivity contribution in [1.82, 2.24) is 5.43 Å². The van der Waals surface area contributed by atoms with E-state index in [4.69, 9.17) is 21.1 Å². The number of aryl methyl sites for hydroxylation is 1. The molecule has 2 aromatic carbocycles. The van der Waals surface area contributed by atoms with Gasteiger partial charge >= 0.3 is 0 Å². The van der Waals surface area contributed by atoms with Gasteiger partial charge in [0.2, 0.25) is 5.91 Å². The van der Waals surface area contributed by atoms with Crippen LogP contribution in [0.25, 0.3) is 0 Å². The fraction of sp³-hybridized carbons (Fsp3) is 0.250. The van der Waals surface area contributed by atoms with E-state index in [0.29, 0.717) is 27.9 Å². The second kappa shape index (κ2) is 10.3. The van der Waals surface area contributed by atoms with Crippen LogP contribution in [0, 0.1) is 6.92 Å². The molecule has 0 radical (unpaired) electrons. The molecule has 8 heteroatoms. The lowest BCUT2D eigenvalue weighted by molar-refractivity contribution is -0.123. The Kier molecular flexibility index (Phi) is 7.83. The third-order valence-electron chi connectivity index (χ3n) is 3.69. The summed E-state index contributed by atoms with van der Waals surface area (Å²) in [5, 5.41) is 7.23.